The summed E-state index contributed by atoms with van der Waals surface area (Å²) in [4.78, 5) is 0. The van der Waals surface area contributed by atoms with Crippen LogP contribution in [0.1, 0.15) is 6.42 Å². The molecule has 0 saturated carbocycles. The average molecular weight is 267 g/mol. The predicted octanol–water partition coefficient (Wildman–Crippen LogP) is 3.63. The normalized spacial score (nSPS) is 10.1. The molecule has 0 aliphatic heterocycles. The fourth-order valence-electron chi connectivity index (χ4n) is 0.923. The quantitative estimate of drug-likeness (QED) is 0.648. The summed E-state index contributed by atoms with van der Waals surface area (Å²) in [6.45, 7) is 0.691. The molecule has 0 bridgehead atoms. The van der Waals surface area contributed by atoms with E-state index in [1.807, 2.05) is 0 Å². The summed E-state index contributed by atoms with van der Waals surface area (Å²) < 4.78 is 13.9. The fraction of sp³-hybridized carbons (Fsp3) is 0.333. The third-order valence-corrected chi connectivity index (χ3v) is 2.31. The van der Waals surface area contributed by atoms with Gasteiger partial charge in [-0.05, 0) is 24.6 Å². The van der Waals surface area contributed by atoms with Crippen LogP contribution in [0.5, 0.6) is 0 Å². The van der Waals surface area contributed by atoms with E-state index in [1.54, 1.807) is 12.1 Å². The van der Waals surface area contributed by atoms with Crippen molar-refractivity contribution in [3.05, 3.63) is 28.5 Å². The fourth-order valence-corrected chi connectivity index (χ4v) is 1.42. The lowest BCUT2D eigenvalue weighted by atomic mass is 10.3. The Bertz CT molecular complexity index is 280. The number of benzene rings is 1. The smallest absolute Gasteiger partial charge is 0.146 e. The Kier molecular flexibility index (Phi) is 4.53. The Hall–Kier alpha value is -0.280. The van der Waals surface area contributed by atoms with Gasteiger partial charge in [0.1, 0.15) is 5.82 Å². The lowest BCUT2D eigenvalue weighted by Gasteiger charge is -2.06. The van der Waals surface area contributed by atoms with Crippen molar-refractivity contribution in [2.45, 2.75) is 6.42 Å². The van der Waals surface area contributed by atoms with E-state index in [9.17, 15) is 4.39 Å². The van der Waals surface area contributed by atoms with Crippen LogP contribution in [0.15, 0.2) is 22.7 Å². The van der Waals surface area contributed by atoms with E-state index in [4.69, 9.17) is 11.6 Å². The van der Waals surface area contributed by atoms with Crippen LogP contribution in [-0.2, 0) is 0 Å². The third-order valence-electron chi connectivity index (χ3n) is 1.55. The molecule has 0 radical (unpaired) electrons. The zero-order valence-electron chi connectivity index (χ0n) is 6.99. The molecule has 1 rings (SSSR count). The maximum absolute atomic E-state index is 13.1. The maximum Gasteiger partial charge on any atom is 0.146 e. The first kappa shape index (κ1) is 10.8. The Labute approximate surface area is 90.4 Å². The van der Waals surface area contributed by atoms with Gasteiger partial charge in [-0.2, -0.15) is 0 Å². The summed E-state index contributed by atoms with van der Waals surface area (Å²) in [5.41, 5.74) is 0.513. The number of alkyl halides is 1. The molecule has 0 aliphatic carbocycles. The van der Waals surface area contributed by atoms with E-state index in [2.05, 4.69) is 21.2 Å². The van der Waals surface area contributed by atoms with Crippen molar-refractivity contribution in [2.24, 2.45) is 0 Å². The number of nitrogens with one attached hydrogen (secondary N) is 1. The van der Waals surface area contributed by atoms with E-state index in [0.717, 1.165) is 10.9 Å². The molecular weight excluding hydrogens is 256 g/mol. The van der Waals surface area contributed by atoms with Gasteiger partial charge in [-0.15, -0.1) is 11.6 Å². The van der Waals surface area contributed by atoms with Gasteiger partial charge in [-0.3, -0.25) is 0 Å². The lowest BCUT2D eigenvalue weighted by molar-refractivity contribution is 0.629. The van der Waals surface area contributed by atoms with Gasteiger partial charge in [-0.1, -0.05) is 15.9 Å². The van der Waals surface area contributed by atoms with Crippen molar-refractivity contribution in [1.82, 2.24) is 0 Å². The summed E-state index contributed by atoms with van der Waals surface area (Å²) in [5, 5.41) is 2.97. The second-order valence-corrected chi connectivity index (χ2v) is 3.89. The Morgan fingerprint density at radius 2 is 2.23 bits per heavy atom. The van der Waals surface area contributed by atoms with Crippen LogP contribution in [0.3, 0.4) is 0 Å². The number of rotatable bonds is 4. The third kappa shape index (κ3) is 3.53. The van der Waals surface area contributed by atoms with Crippen molar-refractivity contribution in [2.75, 3.05) is 17.7 Å². The molecule has 1 N–H and O–H groups in total. The molecule has 1 nitrogen and oxygen atoms in total. The molecule has 0 atom stereocenters. The van der Waals surface area contributed by atoms with Gasteiger partial charge in [0.2, 0.25) is 0 Å². The molecule has 0 spiro atoms. The number of hydrogen-bond donors (Lipinski definition) is 1. The van der Waals surface area contributed by atoms with Crippen LogP contribution in [0.25, 0.3) is 0 Å². The zero-order valence-corrected chi connectivity index (χ0v) is 9.33. The molecule has 0 unspecified atom stereocenters. The molecule has 0 fully saturated rings. The molecule has 0 aliphatic rings. The number of halogens is 3. The molecule has 1 aromatic rings. The SMILES string of the molecule is Fc1ccc(Br)cc1NCCCCl. The summed E-state index contributed by atoms with van der Waals surface area (Å²) in [7, 11) is 0. The minimum atomic E-state index is -0.238. The summed E-state index contributed by atoms with van der Waals surface area (Å²) in [5.74, 6) is 0.348. The first-order chi connectivity index (χ1) is 6.24. The number of anilines is 1. The van der Waals surface area contributed by atoms with Gasteiger partial charge in [0, 0.05) is 16.9 Å². The van der Waals surface area contributed by atoms with Crippen LogP contribution < -0.4 is 5.32 Å². The highest BCUT2D eigenvalue weighted by atomic mass is 79.9. The van der Waals surface area contributed by atoms with Crippen LogP contribution in [0, 0.1) is 5.82 Å². The summed E-state index contributed by atoms with van der Waals surface area (Å²) in [6.07, 6.45) is 0.827. The van der Waals surface area contributed by atoms with Crippen molar-refractivity contribution in [1.29, 1.82) is 0 Å². The van der Waals surface area contributed by atoms with Gasteiger partial charge in [0.05, 0.1) is 5.69 Å². The van der Waals surface area contributed by atoms with E-state index in [1.165, 1.54) is 6.07 Å². The molecule has 0 amide bonds. The predicted molar refractivity (Wildman–Crippen MR) is 57.9 cm³/mol. The zero-order chi connectivity index (χ0) is 9.68. The average Bonchev–Trinajstić information content (AvgIpc) is 2.11. The molecular formula is C9H10BrClFN. The largest absolute Gasteiger partial charge is 0.383 e. The van der Waals surface area contributed by atoms with Gasteiger partial charge in [0.15, 0.2) is 0 Å². The van der Waals surface area contributed by atoms with Crippen LogP contribution >= 0.6 is 27.5 Å². The monoisotopic (exact) mass is 265 g/mol. The maximum atomic E-state index is 13.1. The highest BCUT2D eigenvalue weighted by molar-refractivity contribution is 9.10. The summed E-state index contributed by atoms with van der Waals surface area (Å²) in [6, 6.07) is 4.80. The van der Waals surface area contributed by atoms with Crippen molar-refractivity contribution in [3.8, 4) is 0 Å². The van der Waals surface area contributed by atoms with E-state index in [-0.39, 0.29) is 5.82 Å². The van der Waals surface area contributed by atoms with Gasteiger partial charge >= 0.3 is 0 Å². The molecule has 72 valence electrons. The molecule has 4 heteroatoms. The minimum Gasteiger partial charge on any atom is -0.383 e. The standard InChI is InChI=1S/C9H10BrClFN/c10-7-2-3-8(12)9(6-7)13-5-1-4-11/h2-3,6,13H,1,4-5H2. The van der Waals surface area contributed by atoms with Crippen molar-refractivity contribution < 1.29 is 4.39 Å². The second-order valence-electron chi connectivity index (χ2n) is 2.59. The highest BCUT2D eigenvalue weighted by Crippen LogP contribution is 2.19. The Morgan fingerprint density at radius 3 is 2.92 bits per heavy atom. The summed E-state index contributed by atoms with van der Waals surface area (Å²) >= 11 is 8.77. The molecule has 13 heavy (non-hydrogen) atoms. The molecule has 0 aromatic heterocycles. The molecule has 1 aromatic carbocycles. The molecule has 0 heterocycles. The topological polar surface area (TPSA) is 12.0 Å². The van der Waals surface area contributed by atoms with Gasteiger partial charge in [0.25, 0.3) is 0 Å². The highest BCUT2D eigenvalue weighted by Gasteiger charge is 2.00. The van der Waals surface area contributed by atoms with E-state index >= 15 is 0 Å². The lowest BCUT2D eigenvalue weighted by Crippen LogP contribution is -2.03. The van der Waals surface area contributed by atoms with Gasteiger partial charge < -0.3 is 5.32 Å². The minimum absolute atomic E-state index is 0.238. The Morgan fingerprint density at radius 1 is 1.46 bits per heavy atom. The number of hydrogen-bond acceptors (Lipinski definition) is 1. The van der Waals surface area contributed by atoms with Gasteiger partial charge in [-0.25, -0.2) is 4.39 Å². The first-order valence-electron chi connectivity index (χ1n) is 3.99. The van der Waals surface area contributed by atoms with Crippen molar-refractivity contribution >= 4 is 33.2 Å². The Balaban J connectivity index is 2.59. The first-order valence-corrected chi connectivity index (χ1v) is 5.31. The molecule has 0 saturated heterocycles. The second kappa shape index (κ2) is 5.45. The van der Waals surface area contributed by atoms with Crippen molar-refractivity contribution in [3.63, 3.8) is 0 Å². The van der Waals surface area contributed by atoms with E-state index in [0.29, 0.717) is 18.1 Å². The van der Waals surface area contributed by atoms with Crippen LogP contribution in [-0.4, -0.2) is 12.4 Å². The van der Waals surface area contributed by atoms with Crippen LogP contribution in [0.2, 0.25) is 0 Å². The van der Waals surface area contributed by atoms with Crippen LogP contribution in [0.4, 0.5) is 10.1 Å². The van der Waals surface area contributed by atoms with E-state index < -0.39 is 0 Å².